The lowest BCUT2D eigenvalue weighted by Crippen LogP contribution is -2.49. The summed E-state index contributed by atoms with van der Waals surface area (Å²) in [5.41, 5.74) is 7.09. The van der Waals surface area contributed by atoms with E-state index < -0.39 is 6.03 Å². The van der Waals surface area contributed by atoms with Crippen molar-refractivity contribution in [2.75, 3.05) is 17.2 Å². The number of aromatic nitrogens is 2. The van der Waals surface area contributed by atoms with Crippen molar-refractivity contribution in [2.24, 2.45) is 0 Å². The van der Waals surface area contributed by atoms with E-state index in [0.29, 0.717) is 18.1 Å². The number of fused-ring (bicyclic) bond motifs is 1. The predicted molar refractivity (Wildman–Crippen MR) is 65.1 cm³/mol. The summed E-state index contributed by atoms with van der Waals surface area (Å²) >= 11 is 0. The molecular weight excluding hydrogens is 234 g/mol. The lowest BCUT2D eigenvalue weighted by molar-refractivity contribution is -0.120. The number of carbonyl (C=O) groups excluding carboxylic acids is 2. The zero-order valence-electron chi connectivity index (χ0n) is 9.46. The van der Waals surface area contributed by atoms with Crippen molar-refractivity contribution < 1.29 is 9.59 Å². The fraction of sp³-hybridized carbons (Fsp3) is 0.182. The molecule has 3 rings (SSSR count). The quantitative estimate of drug-likeness (QED) is 0.758. The number of carbonyl (C=O) groups is 2. The van der Waals surface area contributed by atoms with Gasteiger partial charge in [0.1, 0.15) is 0 Å². The first-order chi connectivity index (χ1) is 8.63. The molecule has 0 saturated carbocycles. The van der Waals surface area contributed by atoms with Gasteiger partial charge in [-0.25, -0.2) is 9.31 Å². The van der Waals surface area contributed by atoms with Crippen LogP contribution in [0.25, 0.3) is 5.52 Å². The van der Waals surface area contributed by atoms with Crippen molar-refractivity contribution in [3.05, 3.63) is 24.4 Å². The van der Waals surface area contributed by atoms with Gasteiger partial charge in [0.25, 0.3) is 0 Å². The molecule has 92 valence electrons. The summed E-state index contributed by atoms with van der Waals surface area (Å²) in [4.78, 5) is 24.2. The topological polar surface area (TPSA) is 92.7 Å². The van der Waals surface area contributed by atoms with Crippen molar-refractivity contribution in [1.29, 1.82) is 0 Å². The third-order valence-corrected chi connectivity index (χ3v) is 2.80. The second kappa shape index (κ2) is 3.73. The van der Waals surface area contributed by atoms with Crippen LogP contribution in [0.4, 0.5) is 16.3 Å². The van der Waals surface area contributed by atoms with E-state index in [1.807, 2.05) is 6.07 Å². The van der Waals surface area contributed by atoms with Crippen molar-refractivity contribution in [1.82, 2.24) is 14.9 Å². The van der Waals surface area contributed by atoms with E-state index in [9.17, 15) is 9.59 Å². The molecule has 2 aromatic heterocycles. The fourth-order valence-electron chi connectivity index (χ4n) is 1.90. The lowest BCUT2D eigenvalue weighted by Gasteiger charge is -2.23. The first kappa shape index (κ1) is 10.6. The monoisotopic (exact) mass is 245 g/mol. The standard InChI is InChI=1S/C11H11N5O2/c12-7-1-2-8-5-9(14-16(8)6-7)15-4-3-10(17)13-11(15)18/h1-2,5-6H,3-4,12H2,(H,13,17,18). The van der Waals surface area contributed by atoms with Gasteiger partial charge in [0.2, 0.25) is 5.91 Å². The molecule has 0 radical (unpaired) electrons. The van der Waals surface area contributed by atoms with Gasteiger partial charge >= 0.3 is 6.03 Å². The van der Waals surface area contributed by atoms with E-state index >= 15 is 0 Å². The molecule has 3 amide bonds. The highest BCUT2D eigenvalue weighted by molar-refractivity contribution is 6.05. The maximum absolute atomic E-state index is 11.7. The summed E-state index contributed by atoms with van der Waals surface area (Å²) < 4.78 is 1.61. The molecule has 0 spiro atoms. The van der Waals surface area contributed by atoms with Gasteiger partial charge in [-0.3, -0.25) is 15.0 Å². The lowest BCUT2D eigenvalue weighted by atomic mass is 10.3. The second-order valence-electron chi connectivity index (χ2n) is 4.09. The molecule has 18 heavy (non-hydrogen) atoms. The summed E-state index contributed by atoms with van der Waals surface area (Å²) in [6, 6.07) is 4.91. The van der Waals surface area contributed by atoms with Gasteiger partial charge in [-0.1, -0.05) is 0 Å². The molecule has 7 heteroatoms. The van der Waals surface area contributed by atoms with E-state index in [-0.39, 0.29) is 12.3 Å². The average Bonchev–Trinajstić information content (AvgIpc) is 2.71. The smallest absolute Gasteiger partial charge is 0.329 e. The first-order valence-corrected chi connectivity index (χ1v) is 5.50. The molecular formula is C11H11N5O2. The minimum atomic E-state index is -0.442. The molecule has 1 saturated heterocycles. The molecule has 3 heterocycles. The molecule has 2 aromatic rings. The second-order valence-corrected chi connectivity index (χ2v) is 4.09. The summed E-state index contributed by atoms with van der Waals surface area (Å²) in [7, 11) is 0. The van der Waals surface area contributed by atoms with Gasteiger partial charge < -0.3 is 5.73 Å². The number of rotatable bonds is 1. The number of nitrogen functional groups attached to an aromatic ring is 1. The fourth-order valence-corrected chi connectivity index (χ4v) is 1.90. The summed E-state index contributed by atoms with van der Waals surface area (Å²) in [5.74, 6) is 0.245. The number of hydrogen-bond donors (Lipinski definition) is 2. The molecule has 0 atom stereocenters. The summed E-state index contributed by atoms with van der Waals surface area (Å²) in [5, 5.41) is 6.52. The number of amides is 3. The molecule has 7 nitrogen and oxygen atoms in total. The van der Waals surface area contributed by atoms with Crippen LogP contribution in [-0.4, -0.2) is 28.1 Å². The third-order valence-electron chi connectivity index (χ3n) is 2.80. The Bertz CT molecular complexity index is 648. The Kier molecular flexibility index (Phi) is 2.19. The Morgan fingerprint density at radius 3 is 2.94 bits per heavy atom. The maximum atomic E-state index is 11.7. The minimum Gasteiger partial charge on any atom is -0.397 e. The highest BCUT2D eigenvalue weighted by atomic mass is 16.2. The number of nitrogens with zero attached hydrogens (tertiary/aromatic N) is 3. The summed E-state index contributed by atoms with van der Waals surface area (Å²) in [6.07, 6.45) is 1.95. The SMILES string of the molecule is Nc1ccc2cc(N3CCC(=O)NC3=O)nn2c1. The number of imide groups is 1. The molecule has 0 aromatic carbocycles. The average molecular weight is 245 g/mol. The number of urea groups is 1. The largest absolute Gasteiger partial charge is 0.397 e. The summed E-state index contributed by atoms with van der Waals surface area (Å²) in [6.45, 7) is 0.337. The van der Waals surface area contributed by atoms with Gasteiger partial charge in [-0.2, -0.15) is 0 Å². The Hall–Kier alpha value is -2.57. The van der Waals surface area contributed by atoms with Crippen LogP contribution in [0.2, 0.25) is 0 Å². The molecule has 1 aliphatic heterocycles. The minimum absolute atomic E-state index is 0.260. The number of nitrogens with two attached hydrogens (primary N) is 1. The normalized spacial score (nSPS) is 16.1. The Morgan fingerprint density at radius 1 is 1.33 bits per heavy atom. The van der Waals surface area contributed by atoms with Gasteiger partial charge in [0.05, 0.1) is 17.4 Å². The highest BCUT2D eigenvalue weighted by Gasteiger charge is 2.25. The van der Waals surface area contributed by atoms with E-state index in [1.54, 1.807) is 22.8 Å². The molecule has 3 N–H and O–H groups in total. The third kappa shape index (κ3) is 1.65. The van der Waals surface area contributed by atoms with Gasteiger partial charge in [0, 0.05) is 19.0 Å². The molecule has 0 unspecified atom stereocenters. The van der Waals surface area contributed by atoms with Crippen molar-refractivity contribution >= 4 is 29.0 Å². The Morgan fingerprint density at radius 2 is 2.17 bits per heavy atom. The van der Waals surface area contributed by atoms with Crippen LogP contribution in [0.3, 0.4) is 0 Å². The number of hydrogen-bond acceptors (Lipinski definition) is 4. The van der Waals surface area contributed by atoms with E-state index in [4.69, 9.17) is 5.73 Å². The predicted octanol–water partition coefficient (Wildman–Crippen LogP) is 0.363. The van der Waals surface area contributed by atoms with Crippen LogP contribution in [-0.2, 0) is 4.79 Å². The van der Waals surface area contributed by atoms with Crippen LogP contribution < -0.4 is 16.0 Å². The van der Waals surface area contributed by atoms with Gasteiger partial charge in [-0.05, 0) is 12.1 Å². The molecule has 1 aliphatic rings. The highest BCUT2D eigenvalue weighted by Crippen LogP contribution is 2.18. The number of nitrogens with one attached hydrogen (secondary N) is 1. The van der Waals surface area contributed by atoms with Crippen LogP contribution in [0.1, 0.15) is 6.42 Å². The van der Waals surface area contributed by atoms with Gasteiger partial charge in [-0.15, -0.1) is 5.10 Å². The van der Waals surface area contributed by atoms with Crippen LogP contribution >= 0.6 is 0 Å². The molecule has 0 bridgehead atoms. The van der Waals surface area contributed by atoms with Crippen molar-refractivity contribution in [3.8, 4) is 0 Å². The van der Waals surface area contributed by atoms with Crippen LogP contribution in [0, 0.1) is 0 Å². The zero-order chi connectivity index (χ0) is 12.7. The number of anilines is 2. The van der Waals surface area contributed by atoms with E-state index in [2.05, 4.69) is 10.4 Å². The zero-order valence-corrected chi connectivity index (χ0v) is 9.46. The van der Waals surface area contributed by atoms with Crippen LogP contribution in [0.15, 0.2) is 24.4 Å². The Labute approximate surface area is 102 Å². The van der Waals surface area contributed by atoms with Crippen molar-refractivity contribution in [3.63, 3.8) is 0 Å². The molecule has 1 fully saturated rings. The van der Waals surface area contributed by atoms with Crippen LogP contribution in [0.5, 0.6) is 0 Å². The van der Waals surface area contributed by atoms with E-state index in [1.165, 1.54) is 4.90 Å². The number of pyridine rings is 1. The Balaban J connectivity index is 1.99. The first-order valence-electron chi connectivity index (χ1n) is 5.50. The van der Waals surface area contributed by atoms with Gasteiger partial charge in [0.15, 0.2) is 5.82 Å². The van der Waals surface area contributed by atoms with Crippen molar-refractivity contribution in [2.45, 2.75) is 6.42 Å². The van der Waals surface area contributed by atoms with E-state index in [0.717, 1.165) is 5.52 Å². The maximum Gasteiger partial charge on any atom is 0.329 e. The molecule has 0 aliphatic carbocycles.